The number of anilines is 1. The summed E-state index contributed by atoms with van der Waals surface area (Å²) in [5.41, 5.74) is 22.5. The Morgan fingerprint density at radius 1 is 0.754 bits per heavy atom. The standard InChI is InChI=1S/C42H51FN12O6/c1-25(50-42(61)55(30-16-14-28(43)15-17-30)54-39(58)32(45)21-29-23-47-24-49-29)38(57)52-36(20-27-22-48-33-12-6-5-11-31(27)33)41(60)53-35(19-26-9-3-2-4-10-26)40(59)51-34(37(46)56)13-7-8-18-44/h2-6,9-12,14-17,22-25,32,34-36,48H,7-8,13,18-21,44-45H2,1H3,(H2,46,56)(H,47,49)(H,50,61)(H,51,59)(H,52,57)(H,53,60)(H,54,58)/t25-,32-,34-,35+,36-/m0/s1. The monoisotopic (exact) mass is 838 g/mol. The molecule has 0 radical (unpaired) electrons. The number of hydrazine groups is 1. The van der Waals surface area contributed by atoms with Crippen LogP contribution in [0.15, 0.2) is 97.6 Å². The largest absolute Gasteiger partial charge is 0.368 e. The van der Waals surface area contributed by atoms with E-state index in [0.29, 0.717) is 36.2 Å². The van der Waals surface area contributed by atoms with Gasteiger partial charge in [-0.25, -0.2) is 19.2 Å². The average molecular weight is 839 g/mol. The van der Waals surface area contributed by atoms with Gasteiger partial charge in [-0.3, -0.25) is 29.4 Å². The molecule has 19 heteroatoms. The summed E-state index contributed by atoms with van der Waals surface area (Å²) in [7, 11) is 0. The van der Waals surface area contributed by atoms with Gasteiger partial charge in [-0.1, -0.05) is 48.5 Å². The number of aromatic nitrogens is 3. The number of carbonyl (C=O) groups excluding carboxylic acids is 6. The first-order chi connectivity index (χ1) is 29.3. The van der Waals surface area contributed by atoms with Gasteiger partial charge in [0, 0.05) is 48.3 Å². The number of nitrogens with one attached hydrogen (secondary N) is 7. The van der Waals surface area contributed by atoms with E-state index in [-0.39, 0.29) is 31.4 Å². The van der Waals surface area contributed by atoms with Gasteiger partial charge in [0.25, 0.3) is 5.91 Å². The second-order valence-electron chi connectivity index (χ2n) is 14.5. The van der Waals surface area contributed by atoms with Crippen molar-refractivity contribution in [3.8, 4) is 0 Å². The number of benzene rings is 3. The fourth-order valence-electron chi connectivity index (χ4n) is 6.47. The molecule has 3 aromatic carbocycles. The van der Waals surface area contributed by atoms with E-state index in [1.165, 1.54) is 31.6 Å². The minimum atomic E-state index is -1.32. The third kappa shape index (κ3) is 12.9. The maximum atomic E-state index is 14.3. The zero-order valence-electron chi connectivity index (χ0n) is 33.5. The lowest BCUT2D eigenvalue weighted by atomic mass is 10.0. The molecule has 0 saturated heterocycles. The number of amides is 7. The fraction of sp³-hybridized carbons (Fsp3) is 0.310. The van der Waals surface area contributed by atoms with E-state index in [0.717, 1.165) is 28.0 Å². The normalized spacial score (nSPS) is 13.5. The number of imidazole rings is 1. The van der Waals surface area contributed by atoms with Crippen LogP contribution >= 0.6 is 0 Å². The van der Waals surface area contributed by atoms with Crippen molar-refractivity contribution in [2.75, 3.05) is 11.6 Å². The predicted molar refractivity (Wildman–Crippen MR) is 225 cm³/mol. The second-order valence-corrected chi connectivity index (χ2v) is 14.5. The number of hydrogen-bond acceptors (Lipinski definition) is 9. The van der Waals surface area contributed by atoms with Crippen molar-refractivity contribution in [1.82, 2.24) is 41.6 Å². The zero-order valence-corrected chi connectivity index (χ0v) is 33.5. The molecule has 322 valence electrons. The molecule has 0 spiro atoms. The topological polar surface area (TPSA) is 288 Å². The van der Waals surface area contributed by atoms with Gasteiger partial charge in [0.2, 0.25) is 23.6 Å². The Bertz CT molecular complexity index is 2250. The molecule has 61 heavy (non-hydrogen) atoms. The van der Waals surface area contributed by atoms with Crippen molar-refractivity contribution in [3.63, 3.8) is 0 Å². The Hall–Kier alpha value is -7.12. The molecule has 0 unspecified atom stereocenters. The van der Waals surface area contributed by atoms with Gasteiger partial charge in [0.1, 0.15) is 30.0 Å². The number of para-hydroxylation sites is 1. The van der Waals surface area contributed by atoms with Crippen molar-refractivity contribution >= 4 is 52.2 Å². The SMILES string of the molecule is C[C@H](NC(=O)N(NC(=O)[C@@H](N)Cc1cnc[nH]1)c1ccc(F)cc1)C(=O)N[C@@H](Cc1c[nH]c2ccccc12)C(=O)N[C@H](Cc1ccccc1)C(=O)N[C@@H](CCCCN)C(N)=O. The summed E-state index contributed by atoms with van der Waals surface area (Å²) < 4.78 is 13.9. The summed E-state index contributed by atoms with van der Waals surface area (Å²) in [4.78, 5) is 91.2. The highest BCUT2D eigenvalue weighted by Crippen LogP contribution is 2.20. The summed E-state index contributed by atoms with van der Waals surface area (Å²) in [6.07, 6.45) is 6.04. The van der Waals surface area contributed by atoms with Gasteiger partial charge in [0.15, 0.2) is 0 Å². The fourth-order valence-corrected chi connectivity index (χ4v) is 6.47. The molecular weight excluding hydrogens is 788 g/mol. The van der Waals surface area contributed by atoms with Crippen LogP contribution in [0.1, 0.15) is 43.0 Å². The van der Waals surface area contributed by atoms with E-state index in [1.54, 1.807) is 36.5 Å². The number of rotatable bonds is 20. The lowest BCUT2D eigenvalue weighted by Crippen LogP contribution is -2.60. The molecule has 0 saturated carbocycles. The lowest BCUT2D eigenvalue weighted by Gasteiger charge is -2.28. The molecule has 0 aliphatic carbocycles. The van der Waals surface area contributed by atoms with E-state index in [2.05, 4.69) is 41.6 Å². The van der Waals surface area contributed by atoms with Crippen LogP contribution < -0.4 is 48.9 Å². The van der Waals surface area contributed by atoms with Crippen molar-refractivity contribution in [2.24, 2.45) is 17.2 Å². The highest BCUT2D eigenvalue weighted by atomic mass is 19.1. The van der Waals surface area contributed by atoms with Gasteiger partial charge < -0.3 is 48.4 Å². The highest BCUT2D eigenvalue weighted by Gasteiger charge is 2.32. The van der Waals surface area contributed by atoms with Crippen LogP contribution in [0, 0.1) is 5.82 Å². The van der Waals surface area contributed by atoms with Gasteiger partial charge in [-0.05, 0) is 74.2 Å². The number of halogens is 1. The first kappa shape index (κ1) is 45.0. The van der Waals surface area contributed by atoms with Gasteiger partial charge in [-0.2, -0.15) is 0 Å². The number of nitrogens with two attached hydrogens (primary N) is 3. The molecule has 0 bridgehead atoms. The number of carbonyl (C=O) groups is 6. The van der Waals surface area contributed by atoms with E-state index in [4.69, 9.17) is 17.2 Å². The third-order valence-electron chi connectivity index (χ3n) is 9.83. The Labute approximate surface area is 350 Å². The molecule has 2 heterocycles. The molecule has 13 N–H and O–H groups in total. The van der Waals surface area contributed by atoms with E-state index < -0.39 is 71.6 Å². The van der Waals surface area contributed by atoms with Gasteiger partial charge in [-0.15, -0.1) is 0 Å². The van der Waals surface area contributed by atoms with Crippen LogP contribution in [0.4, 0.5) is 14.9 Å². The van der Waals surface area contributed by atoms with E-state index in [1.807, 2.05) is 24.3 Å². The number of hydrogen-bond donors (Lipinski definition) is 10. The molecule has 2 aromatic heterocycles. The Morgan fingerprint density at radius 3 is 2.08 bits per heavy atom. The summed E-state index contributed by atoms with van der Waals surface area (Å²) in [5.74, 6) is -4.32. The minimum absolute atomic E-state index is 0.0311. The molecule has 18 nitrogen and oxygen atoms in total. The van der Waals surface area contributed by atoms with Crippen molar-refractivity contribution < 1.29 is 33.2 Å². The number of urea groups is 1. The summed E-state index contributed by atoms with van der Waals surface area (Å²) in [5, 5.41) is 12.3. The number of fused-ring (bicyclic) bond motifs is 1. The molecule has 0 aliphatic rings. The molecule has 0 aliphatic heterocycles. The first-order valence-corrected chi connectivity index (χ1v) is 19.7. The highest BCUT2D eigenvalue weighted by molar-refractivity contribution is 6.00. The van der Waals surface area contributed by atoms with Gasteiger partial charge >= 0.3 is 6.03 Å². The molecule has 5 rings (SSSR count). The van der Waals surface area contributed by atoms with Crippen LogP contribution in [0.5, 0.6) is 0 Å². The molecule has 0 fully saturated rings. The second kappa shape index (κ2) is 21.8. The molecule has 7 amide bonds. The smallest absolute Gasteiger partial charge is 0.341 e. The van der Waals surface area contributed by atoms with E-state index in [9.17, 15) is 33.2 Å². The lowest BCUT2D eigenvalue weighted by molar-refractivity contribution is -0.133. The van der Waals surface area contributed by atoms with Gasteiger partial charge in [0.05, 0.1) is 18.1 Å². The number of nitrogens with zero attached hydrogens (tertiary/aromatic N) is 2. The quantitative estimate of drug-likeness (QED) is 0.0396. The summed E-state index contributed by atoms with van der Waals surface area (Å²) in [6, 6.07) is 13.9. The number of aromatic amines is 2. The van der Waals surface area contributed by atoms with Crippen molar-refractivity contribution in [1.29, 1.82) is 0 Å². The van der Waals surface area contributed by atoms with E-state index >= 15 is 0 Å². The average Bonchev–Trinajstić information content (AvgIpc) is 3.92. The van der Waals surface area contributed by atoms with Crippen molar-refractivity contribution in [3.05, 3.63) is 120 Å². The zero-order chi connectivity index (χ0) is 43.9. The van der Waals surface area contributed by atoms with Crippen LogP contribution in [0.25, 0.3) is 10.9 Å². The minimum Gasteiger partial charge on any atom is -0.368 e. The molecule has 5 aromatic rings. The Kier molecular flexibility index (Phi) is 16.0. The van der Waals surface area contributed by atoms with Crippen LogP contribution in [-0.4, -0.2) is 87.3 Å². The molecular formula is C42H51FN12O6. The van der Waals surface area contributed by atoms with Crippen molar-refractivity contribution in [2.45, 2.75) is 75.7 Å². The Morgan fingerprint density at radius 2 is 1.41 bits per heavy atom. The van der Waals surface area contributed by atoms with Crippen LogP contribution in [0.3, 0.4) is 0 Å². The predicted octanol–water partition coefficient (Wildman–Crippen LogP) is 1.09. The maximum absolute atomic E-state index is 14.3. The number of primary amides is 1. The van der Waals surface area contributed by atoms with Crippen LogP contribution in [-0.2, 0) is 43.2 Å². The number of unbranched alkanes of at least 4 members (excludes halogenated alkanes) is 1. The third-order valence-corrected chi connectivity index (χ3v) is 9.83. The summed E-state index contributed by atoms with van der Waals surface area (Å²) in [6.45, 7) is 1.76. The number of H-pyrrole nitrogens is 2. The molecule has 5 atom stereocenters. The maximum Gasteiger partial charge on any atom is 0.341 e. The first-order valence-electron chi connectivity index (χ1n) is 19.7. The Balaban J connectivity index is 1.36. The van der Waals surface area contributed by atoms with Crippen LogP contribution in [0.2, 0.25) is 0 Å². The summed E-state index contributed by atoms with van der Waals surface area (Å²) >= 11 is 0.